The number of hydrogen-bond donors (Lipinski definition) is 2. The van der Waals surface area contributed by atoms with Crippen molar-refractivity contribution in [3.63, 3.8) is 0 Å². The van der Waals surface area contributed by atoms with Crippen LogP contribution in [0.3, 0.4) is 0 Å². The highest BCUT2D eigenvalue weighted by atomic mass is 32.2. The van der Waals surface area contributed by atoms with Crippen molar-refractivity contribution >= 4 is 21.7 Å². The molecule has 0 atom stereocenters. The Morgan fingerprint density at radius 2 is 2.12 bits per heavy atom. The molecule has 0 radical (unpaired) electrons. The summed E-state index contributed by atoms with van der Waals surface area (Å²) in [6.07, 6.45) is 7.35. The lowest BCUT2D eigenvalue weighted by Crippen LogP contribution is -2.42. The van der Waals surface area contributed by atoms with Crippen molar-refractivity contribution in [3.8, 4) is 11.3 Å². The van der Waals surface area contributed by atoms with E-state index in [1.807, 2.05) is 0 Å². The number of sulfonamides is 1. The molecule has 10 heteroatoms. The van der Waals surface area contributed by atoms with Crippen LogP contribution in [0, 0.1) is 6.57 Å². The number of hydrogen-bond acceptors (Lipinski definition) is 6. The Kier molecular flexibility index (Phi) is 4.46. The molecule has 126 valence electrons. The first-order valence-corrected chi connectivity index (χ1v) is 9.27. The first-order chi connectivity index (χ1) is 11.5. The molecule has 9 nitrogen and oxygen atoms in total. The highest BCUT2D eigenvalue weighted by Crippen LogP contribution is 2.28. The average molecular weight is 347 g/mol. The van der Waals surface area contributed by atoms with Crippen LogP contribution in [0.5, 0.6) is 0 Å². The van der Waals surface area contributed by atoms with Crippen LogP contribution in [-0.4, -0.2) is 58.3 Å². The number of aromatic amines is 1. The Bertz CT molecular complexity index is 850. The maximum Gasteiger partial charge on any atom is 0.231 e. The fourth-order valence-electron chi connectivity index (χ4n) is 2.63. The van der Waals surface area contributed by atoms with Crippen molar-refractivity contribution < 1.29 is 8.42 Å². The molecule has 0 saturated carbocycles. The first-order valence-electron chi connectivity index (χ1n) is 7.42. The molecule has 1 aliphatic heterocycles. The van der Waals surface area contributed by atoms with Crippen LogP contribution >= 0.6 is 0 Å². The monoisotopic (exact) mass is 347 g/mol. The van der Waals surface area contributed by atoms with Crippen LogP contribution < -0.4 is 5.32 Å². The predicted octanol–water partition coefficient (Wildman–Crippen LogP) is 1.25. The summed E-state index contributed by atoms with van der Waals surface area (Å²) in [6.45, 7) is 8.18. The molecule has 1 aliphatic rings. The Morgan fingerprint density at radius 3 is 2.71 bits per heavy atom. The summed E-state index contributed by atoms with van der Waals surface area (Å²) in [5.41, 5.74) is 1.59. The molecule has 24 heavy (non-hydrogen) atoms. The molecule has 0 bridgehead atoms. The number of piperidine rings is 1. The van der Waals surface area contributed by atoms with E-state index in [-0.39, 0.29) is 6.04 Å². The summed E-state index contributed by atoms with van der Waals surface area (Å²) in [7, 11) is -3.14. The van der Waals surface area contributed by atoms with E-state index in [1.54, 1.807) is 12.4 Å². The second-order valence-electron chi connectivity index (χ2n) is 5.61. The van der Waals surface area contributed by atoms with Crippen LogP contribution in [-0.2, 0) is 10.0 Å². The van der Waals surface area contributed by atoms with Crippen LogP contribution in [0.1, 0.15) is 12.8 Å². The van der Waals surface area contributed by atoms with Crippen LogP contribution in [0.4, 0.5) is 11.6 Å². The van der Waals surface area contributed by atoms with Gasteiger partial charge >= 0.3 is 0 Å². The number of aromatic nitrogens is 4. The zero-order chi connectivity index (χ0) is 17.2. The minimum absolute atomic E-state index is 0.0963. The third kappa shape index (κ3) is 3.52. The minimum atomic E-state index is -3.14. The fourth-order valence-corrected chi connectivity index (χ4v) is 3.51. The summed E-state index contributed by atoms with van der Waals surface area (Å²) < 4.78 is 24.6. The van der Waals surface area contributed by atoms with Crippen LogP contribution in [0.25, 0.3) is 16.1 Å². The third-order valence-electron chi connectivity index (χ3n) is 3.92. The van der Waals surface area contributed by atoms with Crippen molar-refractivity contribution in [3.05, 3.63) is 30.0 Å². The Hall–Kier alpha value is -2.51. The summed E-state index contributed by atoms with van der Waals surface area (Å²) in [6, 6.07) is 0.0963. The standard InChI is InChI=1S/C14H17N7O2S/c1-15-12-9-16-14(20-13(12)10-7-17-18-8-10)19-11-3-5-21(6-4-11)24(2,22)23/h7-9,11H,3-6H2,2H3,(H,17,18)(H,16,19,20). The first kappa shape index (κ1) is 16.4. The van der Waals surface area contributed by atoms with Gasteiger partial charge in [0.2, 0.25) is 21.7 Å². The molecule has 1 fully saturated rings. The van der Waals surface area contributed by atoms with Gasteiger partial charge < -0.3 is 5.32 Å². The molecule has 1 saturated heterocycles. The SMILES string of the molecule is [C-]#[N+]c1cnc(NC2CCN(S(C)(=O)=O)CC2)nc1-c1cn[nH]c1. The second kappa shape index (κ2) is 6.54. The van der Waals surface area contributed by atoms with Gasteiger partial charge in [-0.25, -0.2) is 27.5 Å². The third-order valence-corrected chi connectivity index (χ3v) is 5.22. The molecule has 2 aromatic rings. The lowest BCUT2D eigenvalue weighted by atomic mass is 10.1. The summed E-state index contributed by atoms with van der Waals surface area (Å²) in [5, 5.41) is 9.81. The van der Waals surface area contributed by atoms with Gasteiger partial charge in [0.25, 0.3) is 0 Å². The highest BCUT2D eigenvalue weighted by Gasteiger charge is 2.25. The van der Waals surface area contributed by atoms with Crippen molar-refractivity contribution in [2.75, 3.05) is 24.7 Å². The summed E-state index contributed by atoms with van der Waals surface area (Å²) >= 11 is 0. The van der Waals surface area contributed by atoms with Gasteiger partial charge in [-0.15, -0.1) is 0 Å². The van der Waals surface area contributed by atoms with Crippen molar-refractivity contribution in [1.82, 2.24) is 24.5 Å². The van der Waals surface area contributed by atoms with Gasteiger partial charge in [0.1, 0.15) is 0 Å². The molecule has 2 N–H and O–H groups in total. The lowest BCUT2D eigenvalue weighted by molar-refractivity contribution is 0.331. The fraction of sp³-hybridized carbons (Fsp3) is 0.429. The number of anilines is 1. The van der Waals surface area contributed by atoms with Crippen LogP contribution in [0.2, 0.25) is 0 Å². The summed E-state index contributed by atoms with van der Waals surface area (Å²) in [5.74, 6) is 0.427. The Labute approximate surface area is 140 Å². The van der Waals surface area contributed by atoms with E-state index < -0.39 is 10.0 Å². The smallest absolute Gasteiger partial charge is 0.231 e. The van der Waals surface area contributed by atoms with Gasteiger partial charge in [-0.1, -0.05) is 0 Å². The quantitative estimate of drug-likeness (QED) is 0.806. The largest absolute Gasteiger partial charge is 0.351 e. The minimum Gasteiger partial charge on any atom is -0.351 e. The molecular weight excluding hydrogens is 330 g/mol. The van der Waals surface area contributed by atoms with Gasteiger partial charge in [0, 0.05) is 37.1 Å². The number of rotatable bonds is 4. The van der Waals surface area contributed by atoms with E-state index in [0.29, 0.717) is 43.3 Å². The predicted molar refractivity (Wildman–Crippen MR) is 88.9 cm³/mol. The molecule has 0 amide bonds. The molecule has 0 spiro atoms. The highest BCUT2D eigenvalue weighted by molar-refractivity contribution is 7.88. The van der Waals surface area contributed by atoms with Gasteiger partial charge in [0.15, 0.2) is 0 Å². The molecule has 0 unspecified atom stereocenters. The van der Waals surface area contributed by atoms with Gasteiger partial charge in [-0.05, 0) is 12.8 Å². The van der Waals surface area contributed by atoms with E-state index in [2.05, 4.69) is 30.3 Å². The zero-order valence-corrected chi connectivity index (χ0v) is 13.9. The Balaban J connectivity index is 1.73. The summed E-state index contributed by atoms with van der Waals surface area (Å²) in [4.78, 5) is 12.0. The van der Waals surface area contributed by atoms with Crippen molar-refractivity contribution in [2.45, 2.75) is 18.9 Å². The van der Waals surface area contributed by atoms with Gasteiger partial charge in [-0.3, -0.25) is 5.10 Å². The molecule has 0 aromatic carbocycles. The normalized spacial score (nSPS) is 16.7. The molecular formula is C14H17N7O2S. The number of nitrogens with one attached hydrogen (secondary N) is 2. The van der Waals surface area contributed by atoms with Crippen LogP contribution in [0.15, 0.2) is 18.6 Å². The van der Waals surface area contributed by atoms with Gasteiger partial charge in [0.05, 0.1) is 24.7 Å². The topological polar surface area (TPSA) is 108 Å². The Morgan fingerprint density at radius 1 is 1.38 bits per heavy atom. The number of nitrogens with zero attached hydrogens (tertiary/aromatic N) is 5. The van der Waals surface area contributed by atoms with Crippen molar-refractivity contribution in [2.24, 2.45) is 0 Å². The van der Waals surface area contributed by atoms with E-state index in [9.17, 15) is 8.42 Å². The molecule has 3 heterocycles. The van der Waals surface area contributed by atoms with E-state index in [1.165, 1.54) is 16.8 Å². The lowest BCUT2D eigenvalue weighted by Gasteiger charge is -2.30. The van der Waals surface area contributed by atoms with E-state index >= 15 is 0 Å². The second-order valence-corrected chi connectivity index (χ2v) is 7.59. The number of H-pyrrole nitrogens is 1. The molecule has 2 aromatic heterocycles. The maximum absolute atomic E-state index is 11.5. The van der Waals surface area contributed by atoms with E-state index in [4.69, 9.17) is 6.57 Å². The van der Waals surface area contributed by atoms with Crippen molar-refractivity contribution in [1.29, 1.82) is 0 Å². The average Bonchev–Trinajstić information content (AvgIpc) is 3.09. The van der Waals surface area contributed by atoms with Gasteiger partial charge in [-0.2, -0.15) is 5.10 Å². The maximum atomic E-state index is 11.5. The zero-order valence-electron chi connectivity index (χ0n) is 13.1. The molecule has 0 aliphatic carbocycles. The molecule has 3 rings (SSSR count). The van der Waals surface area contributed by atoms with E-state index in [0.717, 1.165) is 5.56 Å².